The van der Waals surface area contributed by atoms with E-state index in [0.29, 0.717) is 0 Å². The molecule has 174 valence electrons. The Morgan fingerprint density at radius 1 is 0.750 bits per heavy atom. The van der Waals surface area contributed by atoms with Gasteiger partial charge in [-0.05, 0) is 6.42 Å². The van der Waals surface area contributed by atoms with Crippen LogP contribution in [0.5, 0.6) is 0 Å². The molecular weight excluding hydrogens is 430 g/mol. The molecule has 32 heavy (non-hydrogen) atoms. The number of carbonyl (C=O) groups excluding carboxylic acids is 1. The van der Waals surface area contributed by atoms with Crippen molar-refractivity contribution in [3.63, 3.8) is 0 Å². The molecule has 1 atom stereocenters. The van der Waals surface area contributed by atoms with Crippen molar-refractivity contribution in [3.8, 4) is 0 Å². The summed E-state index contributed by atoms with van der Waals surface area (Å²) in [6.45, 7) is 0. The molecule has 0 bridgehead atoms. The topological polar surface area (TPSA) is 233 Å². The monoisotopic (exact) mass is 453 g/mol. The molecule has 12 nitrogen and oxygen atoms in total. The van der Waals surface area contributed by atoms with E-state index < -0.39 is 65.2 Å². The van der Waals surface area contributed by atoms with Crippen LogP contribution in [0.1, 0.15) is 12.8 Å². The van der Waals surface area contributed by atoms with Gasteiger partial charge in [-0.1, -0.05) is 48.6 Å². The Morgan fingerprint density at radius 3 is 1.44 bits per heavy atom. The summed E-state index contributed by atoms with van der Waals surface area (Å²) in [6, 6.07) is -1.26. The maximum atomic E-state index is 11.1. The first-order chi connectivity index (χ1) is 14.7. The molecule has 0 aromatic heterocycles. The van der Waals surface area contributed by atoms with Crippen LogP contribution in [-0.4, -0.2) is 78.5 Å². The van der Waals surface area contributed by atoms with Gasteiger partial charge in [-0.2, -0.15) is 0 Å². The molecule has 2 rings (SSSR count). The van der Waals surface area contributed by atoms with Crippen molar-refractivity contribution in [1.29, 1.82) is 0 Å². The summed E-state index contributed by atoms with van der Waals surface area (Å²) in [5.41, 5.74) is 2.19. The molecule has 0 amide bonds. The largest absolute Gasteiger partial charge is 0.480 e. The van der Waals surface area contributed by atoms with Crippen molar-refractivity contribution in [2.75, 3.05) is 0 Å². The van der Waals surface area contributed by atoms with Gasteiger partial charge in [-0.15, -0.1) is 0 Å². The SMILES string of the molecule is NC(CC1(C(=O)O)C=CC(O)C=C1)C(=O)O.O=C(O)C(=O)CC1(C(=O)O)C=CC(O)C=C1. The Kier molecular flexibility index (Phi) is 8.77. The zero-order valence-corrected chi connectivity index (χ0v) is 16.6. The van der Waals surface area contributed by atoms with Crippen molar-refractivity contribution in [1.82, 2.24) is 0 Å². The van der Waals surface area contributed by atoms with E-state index in [9.17, 15) is 24.0 Å². The number of carbonyl (C=O) groups is 5. The lowest BCUT2D eigenvalue weighted by Crippen LogP contribution is -2.40. The molecular formula is C20H23NO11. The molecule has 12 heteroatoms. The summed E-state index contributed by atoms with van der Waals surface area (Å²) in [5, 5.41) is 53.4. The van der Waals surface area contributed by atoms with Gasteiger partial charge in [-0.3, -0.25) is 19.2 Å². The van der Waals surface area contributed by atoms with Crippen molar-refractivity contribution in [2.24, 2.45) is 16.6 Å². The van der Waals surface area contributed by atoms with Crippen LogP contribution < -0.4 is 5.73 Å². The van der Waals surface area contributed by atoms with Crippen molar-refractivity contribution in [3.05, 3.63) is 48.6 Å². The lowest BCUT2D eigenvalue weighted by atomic mass is 9.78. The predicted molar refractivity (Wildman–Crippen MR) is 106 cm³/mol. The Balaban J connectivity index is 0.000000320. The van der Waals surface area contributed by atoms with Gasteiger partial charge in [0.05, 0.1) is 12.2 Å². The maximum Gasteiger partial charge on any atom is 0.372 e. The zero-order chi connectivity index (χ0) is 24.7. The van der Waals surface area contributed by atoms with Gasteiger partial charge in [0.15, 0.2) is 0 Å². The van der Waals surface area contributed by atoms with Crippen LogP contribution in [0.3, 0.4) is 0 Å². The molecule has 0 aromatic rings. The average molecular weight is 453 g/mol. The third kappa shape index (κ3) is 6.70. The van der Waals surface area contributed by atoms with Crippen molar-refractivity contribution < 1.29 is 54.6 Å². The summed E-state index contributed by atoms with van der Waals surface area (Å²) < 4.78 is 0. The van der Waals surface area contributed by atoms with E-state index in [1.54, 1.807) is 0 Å². The van der Waals surface area contributed by atoms with E-state index in [1.807, 2.05) is 0 Å². The number of aliphatic hydroxyl groups excluding tert-OH is 2. The molecule has 0 spiro atoms. The molecule has 0 saturated heterocycles. The van der Waals surface area contributed by atoms with E-state index >= 15 is 0 Å². The lowest BCUT2D eigenvalue weighted by molar-refractivity contribution is -0.152. The van der Waals surface area contributed by atoms with Gasteiger partial charge in [-0.25, -0.2) is 4.79 Å². The molecule has 0 aromatic carbocycles. The van der Waals surface area contributed by atoms with E-state index in [2.05, 4.69) is 0 Å². The fraction of sp³-hybridized carbons (Fsp3) is 0.350. The standard InChI is InChI=1S/C10H13NO5.C10H10O6/c11-7(8(13)14)5-10(9(15)16)3-1-6(12)2-4-10;11-6-1-3-10(4-2-6,9(15)16)5-7(12)8(13)14/h1-4,6-7,12H,5,11H2,(H,13,14)(H,15,16);1-4,6,11H,5H2,(H,13,14)(H,15,16). The number of hydrogen-bond acceptors (Lipinski definition) is 8. The molecule has 2 aliphatic carbocycles. The third-order valence-electron chi connectivity index (χ3n) is 4.73. The first-order valence-corrected chi connectivity index (χ1v) is 9.09. The second-order valence-electron chi connectivity index (χ2n) is 7.16. The third-order valence-corrected chi connectivity index (χ3v) is 4.73. The summed E-state index contributed by atoms with van der Waals surface area (Å²) in [4.78, 5) is 54.1. The van der Waals surface area contributed by atoms with Crippen LogP contribution in [0.4, 0.5) is 0 Å². The molecule has 0 heterocycles. The number of ketones is 1. The number of rotatable bonds is 8. The van der Waals surface area contributed by atoms with Crippen LogP contribution in [0.2, 0.25) is 0 Å². The van der Waals surface area contributed by atoms with Gasteiger partial charge in [0, 0.05) is 6.42 Å². The zero-order valence-electron chi connectivity index (χ0n) is 16.6. The minimum atomic E-state index is -1.67. The predicted octanol–water partition coefficient (Wildman–Crippen LogP) is -1.07. The summed E-state index contributed by atoms with van der Waals surface area (Å²) in [5.74, 6) is -6.64. The normalized spacial score (nSPS) is 28.8. The number of aliphatic hydroxyl groups is 2. The van der Waals surface area contributed by atoms with Gasteiger partial charge in [0.25, 0.3) is 0 Å². The molecule has 0 saturated carbocycles. The fourth-order valence-corrected chi connectivity index (χ4v) is 2.82. The van der Waals surface area contributed by atoms with Gasteiger partial charge < -0.3 is 36.4 Å². The maximum absolute atomic E-state index is 11.1. The van der Waals surface area contributed by atoms with Crippen LogP contribution in [0.15, 0.2) is 48.6 Å². The summed E-state index contributed by atoms with van der Waals surface area (Å²) >= 11 is 0. The first-order valence-electron chi connectivity index (χ1n) is 9.09. The fourth-order valence-electron chi connectivity index (χ4n) is 2.82. The summed E-state index contributed by atoms with van der Waals surface area (Å²) in [7, 11) is 0. The van der Waals surface area contributed by atoms with Gasteiger partial charge >= 0.3 is 23.9 Å². The summed E-state index contributed by atoms with van der Waals surface area (Å²) in [6.07, 6.45) is 7.10. The molecule has 8 N–H and O–H groups in total. The molecule has 0 aliphatic heterocycles. The second kappa shape index (κ2) is 10.6. The lowest BCUT2D eigenvalue weighted by Gasteiger charge is -2.27. The quantitative estimate of drug-likeness (QED) is 0.172. The van der Waals surface area contributed by atoms with E-state index in [1.165, 1.54) is 36.5 Å². The Labute approximate surface area is 181 Å². The smallest absolute Gasteiger partial charge is 0.372 e. The Bertz CT molecular complexity index is 871. The van der Waals surface area contributed by atoms with Crippen LogP contribution in [-0.2, 0) is 24.0 Å². The average Bonchev–Trinajstić information content (AvgIpc) is 2.71. The minimum Gasteiger partial charge on any atom is -0.480 e. The Morgan fingerprint density at radius 2 is 1.12 bits per heavy atom. The van der Waals surface area contributed by atoms with E-state index in [4.69, 9.17) is 36.4 Å². The van der Waals surface area contributed by atoms with Crippen LogP contribution in [0.25, 0.3) is 0 Å². The van der Waals surface area contributed by atoms with E-state index in [0.717, 1.165) is 12.2 Å². The van der Waals surface area contributed by atoms with Gasteiger partial charge in [0.1, 0.15) is 16.9 Å². The van der Waals surface area contributed by atoms with Crippen LogP contribution in [0, 0.1) is 10.8 Å². The highest BCUT2D eigenvalue weighted by Crippen LogP contribution is 2.31. The number of carboxylic acid groups (broad SMARTS) is 4. The number of Topliss-reactive ketones (excluding diaryl/α,β-unsaturated/α-hetero) is 1. The highest BCUT2D eigenvalue weighted by Gasteiger charge is 2.39. The van der Waals surface area contributed by atoms with Gasteiger partial charge in [0.2, 0.25) is 5.78 Å². The molecule has 1 unspecified atom stereocenters. The minimum absolute atomic E-state index is 0.253. The van der Waals surface area contributed by atoms with E-state index in [-0.39, 0.29) is 6.42 Å². The van der Waals surface area contributed by atoms with Crippen molar-refractivity contribution in [2.45, 2.75) is 31.1 Å². The number of carboxylic acids is 4. The van der Waals surface area contributed by atoms with Crippen LogP contribution >= 0.6 is 0 Å². The number of nitrogens with two attached hydrogens (primary N) is 1. The Hall–Kier alpha value is -3.61. The molecule has 0 radical (unpaired) electrons. The molecule has 2 aliphatic rings. The molecule has 0 fully saturated rings. The highest BCUT2D eigenvalue weighted by atomic mass is 16.4. The highest BCUT2D eigenvalue weighted by molar-refractivity contribution is 6.33. The number of aliphatic carboxylic acids is 4. The first kappa shape index (κ1) is 26.4. The second-order valence-corrected chi connectivity index (χ2v) is 7.16. The van der Waals surface area contributed by atoms with Crippen molar-refractivity contribution >= 4 is 29.7 Å². The number of hydrogen-bond donors (Lipinski definition) is 7.